The largest absolute Gasteiger partial charge is 0.330 e. The summed E-state index contributed by atoms with van der Waals surface area (Å²) >= 11 is 14.0. The van der Waals surface area contributed by atoms with Crippen LogP contribution in [-0.4, -0.2) is 6.54 Å². The molecular formula is C11H11Cl2NS. The maximum absolute atomic E-state index is 6.19. The molecule has 0 saturated heterocycles. The summed E-state index contributed by atoms with van der Waals surface area (Å²) in [6, 6.07) is 3.69. The summed E-state index contributed by atoms with van der Waals surface area (Å²) < 4.78 is 1.07. The van der Waals surface area contributed by atoms with Crippen LogP contribution in [0.2, 0.25) is 10.0 Å². The maximum Gasteiger partial charge on any atom is 0.0585 e. The molecule has 0 unspecified atom stereocenters. The van der Waals surface area contributed by atoms with Crippen LogP contribution in [0, 0.1) is 6.92 Å². The predicted molar refractivity (Wildman–Crippen MR) is 69.3 cm³/mol. The number of fused-ring (bicyclic) bond motifs is 1. The molecular weight excluding hydrogens is 249 g/mol. The molecule has 0 radical (unpaired) electrons. The fraction of sp³-hybridized carbons (Fsp3) is 0.273. The lowest BCUT2D eigenvalue weighted by Crippen LogP contribution is -2.02. The Morgan fingerprint density at radius 2 is 1.93 bits per heavy atom. The predicted octanol–water partition coefficient (Wildman–Crippen LogP) is 4.02. The molecule has 1 heterocycles. The topological polar surface area (TPSA) is 26.0 Å². The lowest BCUT2D eigenvalue weighted by molar-refractivity contribution is 0.974. The van der Waals surface area contributed by atoms with E-state index in [1.165, 1.54) is 10.4 Å². The van der Waals surface area contributed by atoms with Crippen molar-refractivity contribution in [2.45, 2.75) is 13.3 Å². The van der Waals surface area contributed by atoms with Crippen molar-refractivity contribution < 1.29 is 0 Å². The number of hydrogen-bond donors (Lipinski definition) is 1. The van der Waals surface area contributed by atoms with Gasteiger partial charge < -0.3 is 5.73 Å². The van der Waals surface area contributed by atoms with Crippen LogP contribution in [0.15, 0.2) is 12.1 Å². The third-order valence-corrected chi connectivity index (χ3v) is 4.36. The second kappa shape index (κ2) is 4.30. The zero-order chi connectivity index (χ0) is 11.0. The molecule has 0 aliphatic heterocycles. The van der Waals surface area contributed by atoms with Crippen molar-refractivity contribution >= 4 is 44.6 Å². The molecule has 0 saturated carbocycles. The van der Waals surface area contributed by atoms with Crippen molar-refractivity contribution in [1.29, 1.82) is 0 Å². The van der Waals surface area contributed by atoms with Gasteiger partial charge in [-0.1, -0.05) is 23.2 Å². The average Bonchev–Trinajstić information content (AvgIpc) is 2.53. The van der Waals surface area contributed by atoms with E-state index in [0.29, 0.717) is 6.54 Å². The first-order valence-electron chi connectivity index (χ1n) is 4.71. The Bertz CT molecular complexity index is 505. The van der Waals surface area contributed by atoms with Crippen LogP contribution in [0.5, 0.6) is 0 Å². The second-order valence-electron chi connectivity index (χ2n) is 3.41. The highest BCUT2D eigenvalue weighted by atomic mass is 35.5. The summed E-state index contributed by atoms with van der Waals surface area (Å²) in [6.45, 7) is 2.72. The van der Waals surface area contributed by atoms with E-state index in [2.05, 4.69) is 6.92 Å². The molecule has 15 heavy (non-hydrogen) atoms. The molecule has 1 aromatic carbocycles. The number of thiophene rings is 1. The van der Waals surface area contributed by atoms with Crippen LogP contribution in [0.4, 0.5) is 0 Å². The van der Waals surface area contributed by atoms with Gasteiger partial charge in [0.2, 0.25) is 0 Å². The Hall–Kier alpha value is -0.280. The molecule has 0 aliphatic carbocycles. The van der Waals surface area contributed by atoms with Gasteiger partial charge in [-0.15, -0.1) is 11.3 Å². The molecule has 2 N–H and O–H groups in total. The lowest BCUT2D eigenvalue weighted by Gasteiger charge is -2.01. The van der Waals surface area contributed by atoms with E-state index in [9.17, 15) is 0 Å². The van der Waals surface area contributed by atoms with Gasteiger partial charge in [0.1, 0.15) is 0 Å². The third-order valence-electron chi connectivity index (χ3n) is 2.44. The molecule has 0 spiro atoms. The number of benzene rings is 1. The fourth-order valence-corrected chi connectivity index (χ4v) is 3.49. The van der Waals surface area contributed by atoms with Crippen LogP contribution in [0.25, 0.3) is 10.1 Å². The lowest BCUT2D eigenvalue weighted by atomic mass is 10.1. The summed E-state index contributed by atoms with van der Waals surface area (Å²) in [4.78, 5) is 1.26. The maximum atomic E-state index is 6.19. The number of hydrogen-bond acceptors (Lipinski definition) is 2. The van der Waals surface area contributed by atoms with Crippen molar-refractivity contribution in [2.24, 2.45) is 5.73 Å². The molecule has 1 nitrogen and oxygen atoms in total. The summed E-state index contributed by atoms with van der Waals surface area (Å²) in [5.41, 5.74) is 6.84. The number of aryl methyl sites for hydroxylation is 1. The Kier molecular flexibility index (Phi) is 3.21. The van der Waals surface area contributed by atoms with Crippen LogP contribution in [0.3, 0.4) is 0 Å². The van der Waals surface area contributed by atoms with Crippen LogP contribution >= 0.6 is 34.5 Å². The molecule has 2 rings (SSSR count). The Morgan fingerprint density at radius 1 is 1.27 bits per heavy atom. The van der Waals surface area contributed by atoms with Gasteiger partial charge in [-0.3, -0.25) is 0 Å². The van der Waals surface area contributed by atoms with Crippen molar-refractivity contribution in [2.75, 3.05) is 6.54 Å². The van der Waals surface area contributed by atoms with Gasteiger partial charge in [-0.05, 0) is 37.6 Å². The highest BCUT2D eigenvalue weighted by molar-refractivity contribution is 7.20. The molecule has 0 fully saturated rings. The molecule has 2 aromatic rings. The van der Waals surface area contributed by atoms with E-state index in [4.69, 9.17) is 28.9 Å². The molecule has 0 aliphatic rings. The van der Waals surface area contributed by atoms with Gasteiger partial charge in [0.05, 0.1) is 9.72 Å². The Labute approximate surface area is 103 Å². The van der Waals surface area contributed by atoms with Crippen molar-refractivity contribution in [3.63, 3.8) is 0 Å². The van der Waals surface area contributed by atoms with Gasteiger partial charge in [0.15, 0.2) is 0 Å². The minimum Gasteiger partial charge on any atom is -0.330 e. The molecule has 4 heteroatoms. The quantitative estimate of drug-likeness (QED) is 0.867. The van der Waals surface area contributed by atoms with Crippen molar-refractivity contribution in [1.82, 2.24) is 0 Å². The second-order valence-corrected chi connectivity index (χ2v) is 5.45. The minimum atomic E-state index is 0.634. The van der Waals surface area contributed by atoms with E-state index in [0.717, 1.165) is 26.6 Å². The van der Waals surface area contributed by atoms with Gasteiger partial charge in [-0.2, -0.15) is 0 Å². The Balaban J connectivity index is 2.79. The monoisotopic (exact) mass is 259 g/mol. The normalized spacial score (nSPS) is 11.2. The number of nitrogens with two attached hydrogens (primary N) is 1. The van der Waals surface area contributed by atoms with Crippen molar-refractivity contribution in [3.05, 3.63) is 32.6 Å². The summed E-state index contributed by atoms with van der Waals surface area (Å²) in [5, 5.41) is 2.62. The van der Waals surface area contributed by atoms with Crippen LogP contribution < -0.4 is 5.73 Å². The molecule has 0 bridgehead atoms. The Morgan fingerprint density at radius 3 is 2.60 bits per heavy atom. The fourth-order valence-electron chi connectivity index (χ4n) is 1.75. The zero-order valence-electron chi connectivity index (χ0n) is 8.31. The summed E-state index contributed by atoms with van der Waals surface area (Å²) in [7, 11) is 0. The van der Waals surface area contributed by atoms with Gasteiger partial charge >= 0.3 is 0 Å². The summed E-state index contributed by atoms with van der Waals surface area (Å²) in [6.07, 6.45) is 0.853. The third kappa shape index (κ3) is 1.87. The smallest absolute Gasteiger partial charge is 0.0585 e. The van der Waals surface area contributed by atoms with Crippen LogP contribution in [0.1, 0.15) is 10.4 Å². The van der Waals surface area contributed by atoms with E-state index < -0.39 is 0 Å². The SMILES string of the molecule is Cc1sc2c(Cl)ccc(Cl)c2c1CCN. The molecule has 0 amide bonds. The van der Waals surface area contributed by atoms with E-state index in [-0.39, 0.29) is 0 Å². The van der Waals surface area contributed by atoms with E-state index in [1.807, 2.05) is 12.1 Å². The van der Waals surface area contributed by atoms with E-state index in [1.54, 1.807) is 11.3 Å². The first kappa shape index (κ1) is 11.2. The first-order chi connectivity index (χ1) is 7.15. The number of rotatable bonds is 2. The van der Waals surface area contributed by atoms with Crippen LogP contribution in [-0.2, 0) is 6.42 Å². The highest BCUT2D eigenvalue weighted by Gasteiger charge is 2.13. The average molecular weight is 260 g/mol. The standard InChI is InChI=1S/C11H11Cl2NS/c1-6-7(4-5-14)10-8(12)2-3-9(13)11(10)15-6/h2-3H,4-5,14H2,1H3. The van der Waals surface area contributed by atoms with Gasteiger partial charge in [0.25, 0.3) is 0 Å². The van der Waals surface area contributed by atoms with Gasteiger partial charge in [0, 0.05) is 15.3 Å². The number of halogens is 2. The molecule has 80 valence electrons. The highest BCUT2D eigenvalue weighted by Crippen LogP contribution is 2.39. The van der Waals surface area contributed by atoms with Gasteiger partial charge in [-0.25, -0.2) is 0 Å². The molecule has 0 atom stereocenters. The van der Waals surface area contributed by atoms with E-state index >= 15 is 0 Å². The van der Waals surface area contributed by atoms with Crippen molar-refractivity contribution in [3.8, 4) is 0 Å². The summed E-state index contributed by atoms with van der Waals surface area (Å²) in [5.74, 6) is 0. The molecule has 1 aromatic heterocycles. The zero-order valence-corrected chi connectivity index (χ0v) is 10.6. The first-order valence-corrected chi connectivity index (χ1v) is 6.28. The minimum absolute atomic E-state index is 0.634.